The molecule has 0 spiro atoms. The molecule has 0 aromatic heterocycles. The van der Waals surface area contributed by atoms with Crippen LogP contribution < -0.4 is 5.32 Å². The molecule has 2 fully saturated rings. The zero-order valence-electron chi connectivity index (χ0n) is 13.8. The van der Waals surface area contributed by atoms with E-state index < -0.39 is 0 Å². The molecule has 3 rings (SSSR count). The fourth-order valence-corrected chi connectivity index (χ4v) is 4.85. The van der Waals surface area contributed by atoms with Crippen LogP contribution in [0.5, 0.6) is 0 Å². The lowest BCUT2D eigenvalue weighted by Crippen LogP contribution is -2.35. The third-order valence-corrected chi connectivity index (χ3v) is 5.88. The van der Waals surface area contributed by atoms with Gasteiger partial charge in [-0.15, -0.1) is 0 Å². The summed E-state index contributed by atoms with van der Waals surface area (Å²) in [5.74, 6) is 2.91. The summed E-state index contributed by atoms with van der Waals surface area (Å²) in [6.45, 7) is 5.53. The Balaban J connectivity index is 1.74. The van der Waals surface area contributed by atoms with Gasteiger partial charge in [-0.1, -0.05) is 62.4 Å². The first-order valence-corrected chi connectivity index (χ1v) is 9.08. The van der Waals surface area contributed by atoms with Crippen LogP contribution in [0.3, 0.4) is 0 Å². The SMILES string of the molecule is CCNC(c1cccc(C)c1)C1CCC2CCCCC2C1. The number of aryl methyl sites for hydroxylation is 1. The van der Waals surface area contributed by atoms with E-state index >= 15 is 0 Å². The number of fused-ring (bicyclic) bond motifs is 1. The maximum atomic E-state index is 3.79. The van der Waals surface area contributed by atoms with Crippen molar-refractivity contribution in [1.29, 1.82) is 0 Å². The minimum atomic E-state index is 0.567. The Kier molecular flexibility index (Phi) is 5.00. The Morgan fingerprint density at radius 3 is 2.67 bits per heavy atom. The molecule has 21 heavy (non-hydrogen) atoms. The smallest absolute Gasteiger partial charge is 0.0348 e. The van der Waals surface area contributed by atoms with E-state index in [2.05, 4.69) is 43.4 Å². The topological polar surface area (TPSA) is 12.0 Å². The van der Waals surface area contributed by atoms with E-state index in [1.54, 1.807) is 0 Å². The van der Waals surface area contributed by atoms with Crippen LogP contribution in [0.2, 0.25) is 0 Å². The minimum Gasteiger partial charge on any atom is -0.310 e. The lowest BCUT2D eigenvalue weighted by Gasteiger charge is -2.42. The molecule has 1 heteroatoms. The van der Waals surface area contributed by atoms with Crippen molar-refractivity contribution < 1.29 is 0 Å². The van der Waals surface area contributed by atoms with Gasteiger partial charge in [-0.05, 0) is 56.0 Å². The van der Waals surface area contributed by atoms with Gasteiger partial charge in [0.05, 0.1) is 0 Å². The normalized spacial score (nSPS) is 30.7. The molecule has 2 aliphatic carbocycles. The van der Waals surface area contributed by atoms with E-state index in [0.29, 0.717) is 6.04 Å². The molecule has 0 saturated heterocycles. The Hall–Kier alpha value is -0.820. The third-order valence-electron chi connectivity index (χ3n) is 5.88. The molecule has 1 aromatic rings. The van der Waals surface area contributed by atoms with Crippen LogP contribution in [0.25, 0.3) is 0 Å². The number of rotatable bonds is 4. The molecule has 0 aliphatic heterocycles. The first-order valence-electron chi connectivity index (χ1n) is 9.08. The molecule has 0 amide bonds. The van der Waals surface area contributed by atoms with Crippen molar-refractivity contribution in [1.82, 2.24) is 5.32 Å². The van der Waals surface area contributed by atoms with Crippen molar-refractivity contribution in [3.05, 3.63) is 35.4 Å². The van der Waals surface area contributed by atoms with E-state index in [1.807, 2.05) is 0 Å². The molecule has 4 atom stereocenters. The molecule has 0 bridgehead atoms. The highest BCUT2D eigenvalue weighted by Gasteiger charge is 2.35. The predicted molar refractivity (Wildman–Crippen MR) is 90.4 cm³/mol. The zero-order chi connectivity index (χ0) is 14.7. The summed E-state index contributed by atoms with van der Waals surface area (Å²) in [4.78, 5) is 0. The molecule has 4 unspecified atom stereocenters. The standard InChI is InChI=1S/C20H31N/c1-3-21-20(18-10-6-7-15(2)13-18)19-12-11-16-8-4-5-9-17(16)14-19/h6-7,10,13,16-17,19-21H,3-5,8-9,11-12,14H2,1-2H3. The van der Waals surface area contributed by atoms with E-state index in [0.717, 1.165) is 24.3 Å². The highest BCUT2D eigenvalue weighted by Crippen LogP contribution is 2.46. The summed E-state index contributed by atoms with van der Waals surface area (Å²) < 4.78 is 0. The van der Waals surface area contributed by atoms with Gasteiger partial charge in [0.1, 0.15) is 0 Å². The second kappa shape index (κ2) is 6.96. The quantitative estimate of drug-likeness (QED) is 0.796. The third kappa shape index (κ3) is 3.51. The van der Waals surface area contributed by atoms with Crippen molar-refractivity contribution in [3.63, 3.8) is 0 Å². The van der Waals surface area contributed by atoms with Gasteiger partial charge in [-0.2, -0.15) is 0 Å². The van der Waals surface area contributed by atoms with Crippen LogP contribution in [0.15, 0.2) is 24.3 Å². The average Bonchev–Trinajstić information content (AvgIpc) is 2.52. The van der Waals surface area contributed by atoms with E-state index in [-0.39, 0.29) is 0 Å². The number of hydrogen-bond acceptors (Lipinski definition) is 1. The number of nitrogens with one attached hydrogen (secondary N) is 1. The van der Waals surface area contributed by atoms with E-state index in [9.17, 15) is 0 Å². The van der Waals surface area contributed by atoms with Crippen molar-refractivity contribution in [2.45, 2.75) is 64.8 Å². The molecule has 1 aromatic carbocycles. The van der Waals surface area contributed by atoms with Crippen molar-refractivity contribution in [2.24, 2.45) is 17.8 Å². The van der Waals surface area contributed by atoms with E-state index in [1.165, 1.54) is 56.1 Å². The van der Waals surface area contributed by atoms with Gasteiger partial charge in [0.25, 0.3) is 0 Å². The van der Waals surface area contributed by atoms with Crippen LogP contribution in [0.4, 0.5) is 0 Å². The summed E-state index contributed by atoms with van der Waals surface area (Å²) in [5, 5.41) is 3.79. The van der Waals surface area contributed by atoms with Crippen LogP contribution in [0.1, 0.15) is 69.0 Å². The Bertz CT molecular complexity index is 453. The molecule has 2 saturated carbocycles. The fourth-order valence-electron chi connectivity index (χ4n) is 4.85. The maximum Gasteiger partial charge on any atom is 0.0348 e. The van der Waals surface area contributed by atoms with Gasteiger partial charge in [0, 0.05) is 6.04 Å². The number of benzene rings is 1. The highest BCUT2D eigenvalue weighted by molar-refractivity contribution is 5.26. The second-order valence-corrected chi connectivity index (χ2v) is 7.33. The lowest BCUT2D eigenvalue weighted by molar-refractivity contribution is 0.110. The van der Waals surface area contributed by atoms with Gasteiger partial charge >= 0.3 is 0 Å². The largest absolute Gasteiger partial charge is 0.310 e. The Morgan fingerprint density at radius 1 is 1.10 bits per heavy atom. The van der Waals surface area contributed by atoms with Crippen molar-refractivity contribution in [3.8, 4) is 0 Å². The maximum absolute atomic E-state index is 3.79. The molecule has 1 N–H and O–H groups in total. The fraction of sp³-hybridized carbons (Fsp3) is 0.700. The van der Waals surface area contributed by atoms with Crippen LogP contribution in [-0.4, -0.2) is 6.54 Å². The Labute approximate surface area is 130 Å². The summed E-state index contributed by atoms with van der Waals surface area (Å²) in [6.07, 6.45) is 10.3. The summed E-state index contributed by atoms with van der Waals surface area (Å²) in [5.41, 5.74) is 2.90. The van der Waals surface area contributed by atoms with Gasteiger partial charge in [0.15, 0.2) is 0 Å². The molecular formula is C20H31N. The molecule has 116 valence electrons. The summed E-state index contributed by atoms with van der Waals surface area (Å²) >= 11 is 0. The predicted octanol–water partition coefficient (Wildman–Crippen LogP) is 5.25. The zero-order valence-corrected chi connectivity index (χ0v) is 13.8. The minimum absolute atomic E-state index is 0.567. The highest BCUT2D eigenvalue weighted by atomic mass is 14.9. The Morgan fingerprint density at radius 2 is 1.90 bits per heavy atom. The van der Waals surface area contributed by atoms with Crippen molar-refractivity contribution in [2.75, 3.05) is 6.54 Å². The monoisotopic (exact) mass is 285 g/mol. The molecular weight excluding hydrogens is 254 g/mol. The van der Waals surface area contributed by atoms with Gasteiger partial charge < -0.3 is 5.32 Å². The molecule has 1 nitrogen and oxygen atoms in total. The van der Waals surface area contributed by atoms with Gasteiger partial charge in [-0.3, -0.25) is 0 Å². The van der Waals surface area contributed by atoms with Crippen LogP contribution in [-0.2, 0) is 0 Å². The van der Waals surface area contributed by atoms with Crippen molar-refractivity contribution >= 4 is 0 Å². The van der Waals surface area contributed by atoms with Crippen LogP contribution >= 0.6 is 0 Å². The molecule has 0 heterocycles. The molecule has 0 radical (unpaired) electrons. The van der Waals surface area contributed by atoms with Crippen LogP contribution in [0, 0.1) is 24.7 Å². The van der Waals surface area contributed by atoms with Gasteiger partial charge in [0.2, 0.25) is 0 Å². The number of hydrogen-bond donors (Lipinski definition) is 1. The average molecular weight is 285 g/mol. The molecule has 2 aliphatic rings. The summed E-state index contributed by atoms with van der Waals surface area (Å²) in [6, 6.07) is 9.72. The lowest BCUT2D eigenvalue weighted by atomic mass is 9.65. The first-order chi connectivity index (χ1) is 10.3. The van der Waals surface area contributed by atoms with E-state index in [4.69, 9.17) is 0 Å². The second-order valence-electron chi connectivity index (χ2n) is 7.33. The summed E-state index contributed by atoms with van der Waals surface area (Å²) in [7, 11) is 0. The van der Waals surface area contributed by atoms with Gasteiger partial charge in [-0.25, -0.2) is 0 Å². The first kappa shape index (κ1) is 15.1.